The molecule has 0 aliphatic heterocycles. The summed E-state index contributed by atoms with van der Waals surface area (Å²) in [7, 11) is 1.63. The van der Waals surface area contributed by atoms with E-state index in [1.165, 1.54) is 5.56 Å². The van der Waals surface area contributed by atoms with Crippen LogP contribution in [0.1, 0.15) is 5.56 Å². The summed E-state index contributed by atoms with van der Waals surface area (Å²) in [6.45, 7) is 2.05. The molecule has 2 nitrogen and oxygen atoms in total. The van der Waals surface area contributed by atoms with Crippen molar-refractivity contribution in [2.24, 2.45) is 0 Å². The Kier molecular flexibility index (Phi) is 3.28. The highest BCUT2D eigenvalue weighted by atomic mass is 32.1. The molecule has 0 atom stereocenters. The van der Waals surface area contributed by atoms with Crippen LogP contribution in [0.15, 0.2) is 53.3 Å². The zero-order valence-electron chi connectivity index (χ0n) is 11.3. The van der Waals surface area contributed by atoms with Crippen LogP contribution in [0.3, 0.4) is 0 Å². The average Bonchev–Trinajstić information content (AvgIpc) is 2.47. The number of benzene rings is 2. The summed E-state index contributed by atoms with van der Waals surface area (Å²) >= 11 is 1.61. The Labute approximate surface area is 121 Å². The first-order valence-electron chi connectivity index (χ1n) is 6.36. The summed E-state index contributed by atoms with van der Waals surface area (Å²) in [5.41, 5.74) is 2.34. The molecule has 3 heteroatoms. The third-order valence-corrected chi connectivity index (χ3v) is 4.40. The van der Waals surface area contributed by atoms with Crippen molar-refractivity contribution in [2.75, 3.05) is 7.11 Å². The van der Waals surface area contributed by atoms with Gasteiger partial charge in [0.2, 0.25) is 0 Å². The first-order chi connectivity index (χ1) is 9.67. The summed E-state index contributed by atoms with van der Waals surface area (Å²) in [4.78, 5) is 13.2. The molecule has 0 bridgehead atoms. The molecule has 0 aliphatic rings. The first-order valence-corrected chi connectivity index (χ1v) is 7.18. The molecule has 1 aromatic heterocycles. The van der Waals surface area contributed by atoms with E-state index in [9.17, 15) is 4.79 Å². The summed E-state index contributed by atoms with van der Waals surface area (Å²) in [6.07, 6.45) is 0. The second kappa shape index (κ2) is 5.10. The molecule has 0 aliphatic carbocycles. The van der Waals surface area contributed by atoms with Crippen molar-refractivity contribution in [2.45, 2.75) is 6.92 Å². The Bertz CT molecular complexity index is 817. The number of hydrogen-bond donors (Lipinski definition) is 0. The second-order valence-electron chi connectivity index (χ2n) is 4.70. The molecule has 0 spiro atoms. The number of ether oxygens (including phenoxy) is 1. The summed E-state index contributed by atoms with van der Waals surface area (Å²) < 4.78 is 6.18. The van der Waals surface area contributed by atoms with E-state index in [1.54, 1.807) is 24.5 Å². The van der Waals surface area contributed by atoms with Gasteiger partial charge in [-0.15, -0.1) is 11.3 Å². The summed E-state index contributed by atoms with van der Waals surface area (Å²) in [5, 5.41) is 0.742. The van der Waals surface area contributed by atoms with Gasteiger partial charge in [0.25, 0.3) is 0 Å². The third-order valence-electron chi connectivity index (χ3n) is 3.27. The standard InChI is InChI=1S/C17H14O2S/c1-11-3-5-12(6-4-11)16-10-15(18)14-8-7-13(19-2)9-17(14)20-16/h3-10H,1-2H3. The van der Waals surface area contributed by atoms with Gasteiger partial charge in [0, 0.05) is 21.0 Å². The van der Waals surface area contributed by atoms with Crippen LogP contribution in [0.2, 0.25) is 0 Å². The molecule has 1 heterocycles. The van der Waals surface area contributed by atoms with E-state index in [4.69, 9.17) is 4.74 Å². The zero-order valence-corrected chi connectivity index (χ0v) is 12.2. The quantitative estimate of drug-likeness (QED) is 0.702. The molecule has 0 N–H and O–H groups in total. The minimum atomic E-state index is 0.0528. The van der Waals surface area contributed by atoms with Gasteiger partial charge in [-0.3, -0.25) is 4.79 Å². The molecule has 3 aromatic rings. The van der Waals surface area contributed by atoms with E-state index in [2.05, 4.69) is 19.1 Å². The molecule has 0 amide bonds. The van der Waals surface area contributed by atoms with E-state index >= 15 is 0 Å². The van der Waals surface area contributed by atoms with E-state index < -0.39 is 0 Å². The molecule has 0 unspecified atom stereocenters. The maximum Gasteiger partial charge on any atom is 0.188 e. The van der Waals surface area contributed by atoms with E-state index in [-0.39, 0.29) is 5.43 Å². The number of hydrogen-bond acceptors (Lipinski definition) is 3. The van der Waals surface area contributed by atoms with Crippen LogP contribution in [0, 0.1) is 6.92 Å². The predicted octanol–water partition coefficient (Wildman–Crippen LogP) is 4.25. The lowest BCUT2D eigenvalue weighted by Gasteiger charge is -2.05. The van der Waals surface area contributed by atoms with Crippen LogP contribution in [-0.4, -0.2) is 7.11 Å². The summed E-state index contributed by atoms with van der Waals surface area (Å²) in [5.74, 6) is 0.772. The molecule has 0 saturated heterocycles. The fourth-order valence-corrected chi connectivity index (χ4v) is 3.23. The molecule has 0 radical (unpaired) electrons. The minimum Gasteiger partial charge on any atom is -0.497 e. The van der Waals surface area contributed by atoms with Crippen LogP contribution in [0.5, 0.6) is 5.75 Å². The topological polar surface area (TPSA) is 26.3 Å². The summed E-state index contributed by atoms with van der Waals surface area (Å²) in [6, 6.07) is 15.5. The average molecular weight is 282 g/mol. The molecule has 2 aromatic carbocycles. The van der Waals surface area contributed by atoms with Crippen LogP contribution in [0.25, 0.3) is 20.5 Å². The third kappa shape index (κ3) is 2.32. The fraction of sp³-hybridized carbons (Fsp3) is 0.118. The van der Waals surface area contributed by atoms with Gasteiger partial charge in [0.05, 0.1) is 7.11 Å². The van der Waals surface area contributed by atoms with Gasteiger partial charge in [-0.05, 0) is 30.7 Å². The molecule has 0 fully saturated rings. The number of aryl methyl sites for hydroxylation is 1. The lowest BCUT2D eigenvalue weighted by molar-refractivity contribution is 0.415. The highest BCUT2D eigenvalue weighted by Gasteiger charge is 2.06. The van der Waals surface area contributed by atoms with Crippen molar-refractivity contribution in [3.63, 3.8) is 0 Å². The Morgan fingerprint density at radius 3 is 2.45 bits per heavy atom. The van der Waals surface area contributed by atoms with Crippen LogP contribution in [0.4, 0.5) is 0 Å². The zero-order chi connectivity index (χ0) is 14.1. The van der Waals surface area contributed by atoms with Crippen molar-refractivity contribution in [3.05, 3.63) is 64.3 Å². The van der Waals surface area contributed by atoms with Crippen LogP contribution < -0.4 is 10.2 Å². The van der Waals surface area contributed by atoms with Gasteiger partial charge in [-0.1, -0.05) is 29.8 Å². The maximum atomic E-state index is 12.2. The predicted molar refractivity (Wildman–Crippen MR) is 84.8 cm³/mol. The van der Waals surface area contributed by atoms with Crippen LogP contribution in [-0.2, 0) is 0 Å². The normalized spacial score (nSPS) is 10.7. The number of fused-ring (bicyclic) bond motifs is 1. The van der Waals surface area contributed by atoms with Gasteiger partial charge in [0.15, 0.2) is 5.43 Å². The molecular formula is C17H14O2S. The van der Waals surface area contributed by atoms with E-state index in [1.807, 2.05) is 30.3 Å². The SMILES string of the molecule is COc1ccc2c(=O)cc(-c3ccc(C)cc3)sc2c1. The van der Waals surface area contributed by atoms with Gasteiger partial charge in [-0.2, -0.15) is 0 Å². The Morgan fingerprint density at radius 2 is 1.75 bits per heavy atom. The largest absolute Gasteiger partial charge is 0.497 e. The molecule has 3 rings (SSSR count). The monoisotopic (exact) mass is 282 g/mol. The van der Waals surface area contributed by atoms with Gasteiger partial charge in [-0.25, -0.2) is 0 Å². The first kappa shape index (κ1) is 12.9. The van der Waals surface area contributed by atoms with Crippen molar-refractivity contribution >= 4 is 21.4 Å². The smallest absolute Gasteiger partial charge is 0.188 e. The van der Waals surface area contributed by atoms with E-state index in [0.717, 1.165) is 26.3 Å². The second-order valence-corrected chi connectivity index (χ2v) is 5.79. The Morgan fingerprint density at radius 1 is 1.00 bits per heavy atom. The Balaban J connectivity index is 2.22. The van der Waals surface area contributed by atoms with E-state index in [0.29, 0.717) is 0 Å². The Hall–Kier alpha value is -2.13. The van der Waals surface area contributed by atoms with Crippen molar-refractivity contribution in [3.8, 4) is 16.2 Å². The maximum absolute atomic E-state index is 12.2. The van der Waals surface area contributed by atoms with Crippen molar-refractivity contribution < 1.29 is 4.74 Å². The highest BCUT2D eigenvalue weighted by molar-refractivity contribution is 7.21. The number of rotatable bonds is 2. The molecular weight excluding hydrogens is 268 g/mol. The minimum absolute atomic E-state index is 0.0528. The lowest BCUT2D eigenvalue weighted by Crippen LogP contribution is -1.99. The number of methoxy groups -OCH3 is 1. The van der Waals surface area contributed by atoms with Gasteiger partial charge < -0.3 is 4.74 Å². The van der Waals surface area contributed by atoms with Crippen LogP contribution >= 0.6 is 11.3 Å². The van der Waals surface area contributed by atoms with Gasteiger partial charge in [0.1, 0.15) is 5.75 Å². The molecule has 0 saturated carbocycles. The molecule has 20 heavy (non-hydrogen) atoms. The van der Waals surface area contributed by atoms with Crippen molar-refractivity contribution in [1.29, 1.82) is 0 Å². The lowest BCUT2D eigenvalue weighted by atomic mass is 10.1. The van der Waals surface area contributed by atoms with Crippen molar-refractivity contribution in [1.82, 2.24) is 0 Å². The van der Waals surface area contributed by atoms with Gasteiger partial charge >= 0.3 is 0 Å². The molecule has 100 valence electrons. The fourth-order valence-electron chi connectivity index (χ4n) is 2.12. The highest BCUT2D eigenvalue weighted by Crippen LogP contribution is 2.30.